The average Bonchev–Trinajstić information content (AvgIpc) is 2.93. The largest absolute Gasteiger partial charge is 0.416 e. The predicted octanol–water partition coefficient (Wildman–Crippen LogP) is 4.41. The normalized spacial score (nSPS) is 32.3. The molecule has 6 rings (SSSR count). The lowest BCUT2D eigenvalue weighted by Crippen LogP contribution is -2.53. The van der Waals surface area contributed by atoms with Crippen molar-refractivity contribution in [3.63, 3.8) is 0 Å². The maximum Gasteiger partial charge on any atom is 0.416 e. The predicted molar refractivity (Wildman–Crippen MR) is 100 cm³/mol. The lowest BCUT2D eigenvalue weighted by Gasteiger charge is -2.55. The first-order valence-corrected chi connectivity index (χ1v) is 10.6. The van der Waals surface area contributed by atoms with Gasteiger partial charge in [0.1, 0.15) is 0 Å². The lowest BCUT2D eigenvalue weighted by atomic mass is 9.49. The number of carbonyl (C=O) groups excluding carboxylic acids is 1. The molecule has 0 radical (unpaired) electrons. The van der Waals surface area contributed by atoms with E-state index in [1.165, 1.54) is 25.3 Å². The van der Waals surface area contributed by atoms with Gasteiger partial charge in [-0.1, -0.05) is 11.3 Å². The molecule has 1 heterocycles. The standard InChI is InChI=1S/C20H22F3N3OS/c1-26-15-3-2-14(20(21,22)23)7-16(15)28-18(26)25-24-17(27)19-8-11-4-12(9-19)6-13(5-11)10-19/h2-3,7,11-13H,4-6,8-10H2,1H3,(H,24,27)/b25-18+. The van der Waals surface area contributed by atoms with Gasteiger partial charge in [-0.2, -0.15) is 13.2 Å². The lowest BCUT2D eigenvalue weighted by molar-refractivity contribution is -0.146. The van der Waals surface area contributed by atoms with Crippen LogP contribution in [0.3, 0.4) is 0 Å². The molecule has 28 heavy (non-hydrogen) atoms. The van der Waals surface area contributed by atoms with E-state index in [0.717, 1.165) is 42.7 Å². The Kier molecular flexibility index (Phi) is 3.96. The molecule has 150 valence electrons. The summed E-state index contributed by atoms with van der Waals surface area (Å²) < 4.78 is 41.1. The van der Waals surface area contributed by atoms with Gasteiger partial charge in [-0.15, -0.1) is 5.10 Å². The monoisotopic (exact) mass is 409 g/mol. The van der Waals surface area contributed by atoms with Crippen LogP contribution in [0.25, 0.3) is 10.2 Å². The fraction of sp³-hybridized carbons (Fsp3) is 0.600. The Hall–Kier alpha value is -1.83. The van der Waals surface area contributed by atoms with E-state index in [1.54, 1.807) is 11.6 Å². The number of thiazole rings is 1. The van der Waals surface area contributed by atoms with E-state index in [0.29, 0.717) is 32.8 Å². The second kappa shape index (κ2) is 6.08. The van der Waals surface area contributed by atoms with E-state index in [2.05, 4.69) is 10.5 Å². The summed E-state index contributed by atoms with van der Waals surface area (Å²) in [6.07, 6.45) is 2.26. The number of alkyl halides is 3. The number of hydrogen-bond donors (Lipinski definition) is 1. The number of halogens is 3. The minimum atomic E-state index is -4.37. The topological polar surface area (TPSA) is 46.4 Å². The van der Waals surface area contributed by atoms with Crippen molar-refractivity contribution in [3.05, 3.63) is 28.6 Å². The van der Waals surface area contributed by atoms with Crippen LogP contribution in [0.5, 0.6) is 0 Å². The Labute approximate surface area is 164 Å². The zero-order chi connectivity index (χ0) is 19.7. The third-order valence-corrected chi connectivity index (χ3v) is 8.00. The van der Waals surface area contributed by atoms with Gasteiger partial charge in [-0.25, -0.2) is 5.43 Å². The summed E-state index contributed by atoms with van der Waals surface area (Å²) >= 11 is 1.15. The molecule has 4 saturated carbocycles. The minimum absolute atomic E-state index is 0.0139. The molecule has 8 heteroatoms. The van der Waals surface area contributed by atoms with E-state index in [9.17, 15) is 18.0 Å². The van der Waals surface area contributed by atoms with Crippen LogP contribution in [-0.4, -0.2) is 10.5 Å². The molecular weight excluding hydrogens is 387 g/mol. The van der Waals surface area contributed by atoms with Crippen LogP contribution in [0.2, 0.25) is 0 Å². The number of amides is 1. The maximum atomic E-state index is 13.0. The summed E-state index contributed by atoms with van der Waals surface area (Å²) in [5.74, 6) is 1.98. The van der Waals surface area contributed by atoms with Gasteiger partial charge in [0.15, 0.2) is 0 Å². The second-order valence-electron chi connectivity index (χ2n) is 8.87. The summed E-state index contributed by atoms with van der Waals surface area (Å²) in [6.45, 7) is 0. The van der Waals surface area contributed by atoms with Gasteiger partial charge in [-0.05, 0) is 74.5 Å². The molecule has 0 atom stereocenters. The number of aromatic nitrogens is 1. The molecular formula is C20H22F3N3OS. The van der Waals surface area contributed by atoms with Crippen molar-refractivity contribution in [3.8, 4) is 0 Å². The number of carbonyl (C=O) groups is 1. The number of benzene rings is 1. The Morgan fingerprint density at radius 2 is 1.79 bits per heavy atom. The van der Waals surface area contributed by atoms with Crippen LogP contribution in [0.4, 0.5) is 13.2 Å². The Morgan fingerprint density at radius 3 is 2.36 bits per heavy atom. The fourth-order valence-corrected chi connectivity index (χ4v) is 7.04. The van der Waals surface area contributed by atoms with Crippen LogP contribution in [0.15, 0.2) is 23.3 Å². The van der Waals surface area contributed by atoms with E-state index < -0.39 is 11.7 Å². The van der Waals surface area contributed by atoms with E-state index >= 15 is 0 Å². The molecule has 0 spiro atoms. The van der Waals surface area contributed by atoms with Gasteiger partial charge in [0.2, 0.25) is 10.7 Å². The number of rotatable bonds is 2. The van der Waals surface area contributed by atoms with Gasteiger partial charge in [0.25, 0.3) is 0 Å². The molecule has 1 N–H and O–H groups in total. The first-order chi connectivity index (χ1) is 13.2. The summed E-state index contributed by atoms with van der Waals surface area (Å²) in [6, 6.07) is 3.67. The smallest absolute Gasteiger partial charge is 0.318 e. The van der Waals surface area contributed by atoms with Crippen molar-refractivity contribution in [2.45, 2.75) is 44.7 Å². The number of hydrogen-bond acceptors (Lipinski definition) is 3. The Bertz CT molecular complexity index is 985. The van der Waals surface area contributed by atoms with Crippen LogP contribution < -0.4 is 10.2 Å². The summed E-state index contributed by atoms with van der Waals surface area (Å²) in [7, 11) is 1.75. The Balaban J connectivity index is 1.43. The SMILES string of the molecule is Cn1/c(=N\NC(=O)C23CC4CC(CC(C4)C2)C3)sc2cc(C(F)(F)F)ccc21. The highest BCUT2D eigenvalue weighted by Crippen LogP contribution is 2.60. The molecule has 4 aliphatic rings. The summed E-state index contributed by atoms with van der Waals surface area (Å²) in [5.41, 5.74) is 2.45. The average molecular weight is 409 g/mol. The molecule has 4 bridgehead atoms. The molecule has 1 aromatic carbocycles. The van der Waals surface area contributed by atoms with Crippen LogP contribution in [-0.2, 0) is 18.0 Å². The van der Waals surface area contributed by atoms with E-state index in [-0.39, 0.29) is 11.3 Å². The Morgan fingerprint density at radius 1 is 1.18 bits per heavy atom. The van der Waals surface area contributed by atoms with Crippen molar-refractivity contribution in [1.82, 2.24) is 9.99 Å². The quantitative estimate of drug-likeness (QED) is 0.734. The zero-order valence-corrected chi connectivity index (χ0v) is 16.4. The number of nitrogens with one attached hydrogen (secondary N) is 1. The highest BCUT2D eigenvalue weighted by Gasteiger charge is 2.54. The van der Waals surface area contributed by atoms with Gasteiger partial charge in [0.05, 0.1) is 21.2 Å². The van der Waals surface area contributed by atoms with Gasteiger partial charge in [0, 0.05) is 7.05 Å². The molecule has 1 aromatic heterocycles. The number of aryl methyl sites for hydroxylation is 1. The fourth-order valence-electron chi connectivity index (χ4n) is 6.02. The molecule has 0 aliphatic heterocycles. The molecule has 4 nitrogen and oxygen atoms in total. The zero-order valence-electron chi connectivity index (χ0n) is 15.6. The van der Waals surface area contributed by atoms with Crippen molar-refractivity contribution >= 4 is 27.5 Å². The maximum absolute atomic E-state index is 13.0. The second-order valence-corrected chi connectivity index (χ2v) is 9.88. The third kappa shape index (κ3) is 2.88. The third-order valence-electron chi connectivity index (χ3n) is 6.91. The van der Waals surface area contributed by atoms with Crippen LogP contribution >= 0.6 is 11.3 Å². The van der Waals surface area contributed by atoms with Gasteiger partial charge >= 0.3 is 6.18 Å². The van der Waals surface area contributed by atoms with Gasteiger partial charge in [-0.3, -0.25) is 4.79 Å². The molecule has 0 saturated heterocycles. The molecule has 4 aliphatic carbocycles. The van der Waals surface area contributed by atoms with E-state index in [4.69, 9.17) is 0 Å². The summed E-state index contributed by atoms with van der Waals surface area (Å²) in [5, 5.41) is 4.29. The first kappa shape index (κ1) is 18.2. The number of fused-ring (bicyclic) bond motifs is 1. The van der Waals surface area contributed by atoms with Gasteiger partial charge < -0.3 is 4.57 Å². The molecule has 2 aromatic rings. The molecule has 4 fully saturated rings. The highest BCUT2D eigenvalue weighted by atomic mass is 32.1. The van der Waals surface area contributed by atoms with E-state index in [1.807, 2.05) is 0 Å². The number of nitrogens with zero attached hydrogens (tertiary/aromatic N) is 2. The summed E-state index contributed by atoms with van der Waals surface area (Å²) in [4.78, 5) is 13.5. The van der Waals surface area contributed by atoms with Crippen molar-refractivity contribution in [2.75, 3.05) is 0 Å². The molecule has 0 unspecified atom stereocenters. The van der Waals surface area contributed by atoms with Crippen LogP contribution in [0.1, 0.15) is 44.1 Å². The first-order valence-electron chi connectivity index (χ1n) is 9.74. The van der Waals surface area contributed by atoms with Crippen LogP contribution in [0, 0.1) is 23.2 Å². The van der Waals surface area contributed by atoms with Crippen molar-refractivity contribution < 1.29 is 18.0 Å². The van der Waals surface area contributed by atoms with Crippen molar-refractivity contribution in [1.29, 1.82) is 0 Å². The highest BCUT2D eigenvalue weighted by molar-refractivity contribution is 7.16. The minimum Gasteiger partial charge on any atom is -0.318 e. The van der Waals surface area contributed by atoms with Crippen molar-refractivity contribution in [2.24, 2.45) is 35.3 Å². The molecule has 1 amide bonds.